The number of benzene rings is 1. The number of hydrogen-bond donors (Lipinski definition) is 1. The number of nitrogens with zero attached hydrogens (tertiary/aromatic N) is 2. The quantitative estimate of drug-likeness (QED) is 0.692. The van der Waals surface area contributed by atoms with Crippen molar-refractivity contribution in [2.24, 2.45) is 0 Å². The number of sulfonamides is 1. The van der Waals surface area contributed by atoms with Crippen molar-refractivity contribution in [2.45, 2.75) is 18.7 Å². The van der Waals surface area contributed by atoms with Gasteiger partial charge in [-0.3, -0.25) is 4.72 Å². The van der Waals surface area contributed by atoms with Crippen LogP contribution in [0.2, 0.25) is 10.4 Å². The number of aryl methyl sites for hydroxylation is 2. The van der Waals surface area contributed by atoms with Gasteiger partial charge in [0.2, 0.25) is 5.28 Å². The first-order chi connectivity index (χ1) is 9.28. The zero-order chi connectivity index (χ0) is 14.9. The number of rotatable bonds is 3. The summed E-state index contributed by atoms with van der Waals surface area (Å²) in [5.74, 6) is 0.0231. The lowest BCUT2D eigenvalue weighted by Gasteiger charge is -2.10. The van der Waals surface area contributed by atoms with Crippen LogP contribution in [0.25, 0.3) is 0 Å². The Hall–Kier alpha value is -1.37. The minimum atomic E-state index is -3.75. The van der Waals surface area contributed by atoms with Crippen molar-refractivity contribution in [2.75, 3.05) is 4.72 Å². The van der Waals surface area contributed by atoms with Gasteiger partial charge in [0.15, 0.2) is 0 Å². The molecule has 0 aliphatic rings. The molecule has 0 radical (unpaired) electrons. The zero-order valence-electron chi connectivity index (χ0n) is 10.7. The van der Waals surface area contributed by atoms with Crippen molar-refractivity contribution in [1.82, 2.24) is 9.97 Å². The van der Waals surface area contributed by atoms with E-state index in [1.54, 1.807) is 19.1 Å². The predicted molar refractivity (Wildman–Crippen MR) is 78.8 cm³/mol. The van der Waals surface area contributed by atoms with Crippen LogP contribution < -0.4 is 4.72 Å². The summed E-state index contributed by atoms with van der Waals surface area (Å²) in [6.45, 7) is 3.61. The molecule has 106 valence electrons. The molecule has 2 aromatic rings. The Morgan fingerprint density at radius 3 is 2.40 bits per heavy atom. The van der Waals surface area contributed by atoms with Crippen LogP contribution in [0.15, 0.2) is 29.2 Å². The van der Waals surface area contributed by atoms with Gasteiger partial charge in [-0.15, -0.1) is 0 Å². The van der Waals surface area contributed by atoms with E-state index in [4.69, 9.17) is 23.2 Å². The lowest BCUT2D eigenvalue weighted by molar-refractivity contribution is 0.600. The fraction of sp³-hybridized carbons (Fsp3) is 0.167. The van der Waals surface area contributed by atoms with E-state index in [0.717, 1.165) is 5.56 Å². The van der Waals surface area contributed by atoms with Crippen LogP contribution >= 0.6 is 23.2 Å². The minimum absolute atomic E-state index is 0.0231. The zero-order valence-corrected chi connectivity index (χ0v) is 13.0. The predicted octanol–water partition coefficient (Wildman–Crippen LogP) is 3.20. The van der Waals surface area contributed by atoms with Gasteiger partial charge in [-0.25, -0.2) is 13.4 Å². The highest BCUT2D eigenvalue weighted by Crippen LogP contribution is 2.21. The minimum Gasteiger partial charge on any atom is -0.263 e. The standard InChI is InChI=1S/C12H11Cl2N3O2S/c1-7-3-4-9(8(2)5-7)20(18,19)17-11-6-10(13)15-12(14)16-11/h3-6H,1-2H3,(H,15,16,17). The maximum absolute atomic E-state index is 12.3. The summed E-state index contributed by atoms with van der Waals surface area (Å²) < 4.78 is 26.9. The van der Waals surface area contributed by atoms with Crippen LogP contribution in [0.5, 0.6) is 0 Å². The summed E-state index contributed by atoms with van der Waals surface area (Å²) in [5, 5.41) is -0.0702. The first kappa shape index (κ1) is 15.0. The Balaban J connectivity index is 2.40. The van der Waals surface area contributed by atoms with E-state index in [-0.39, 0.29) is 21.2 Å². The molecule has 8 heteroatoms. The Morgan fingerprint density at radius 1 is 1.10 bits per heavy atom. The third-order valence-electron chi connectivity index (χ3n) is 2.53. The molecule has 0 fully saturated rings. The average Bonchev–Trinajstić information content (AvgIpc) is 2.25. The van der Waals surface area contributed by atoms with E-state index in [2.05, 4.69) is 14.7 Å². The summed E-state index contributed by atoms with van der Waals surface area (Å²) in [5.41, 5.74) is 1.62. The molecule has 5 nitrogen and oxygen atoms in total. The van der Waals surface area contributed by atoms with Gasteiger partial charge in [0.05, 0.1) is 4.90 Å². The molecule has 0 aliphatic heterocycles. The highest BCUT2D eigenvalue weighted by Gasteiger charge is 2.18. The van der Waals surface area contributed by atoms with Crippen LogP contribution in [0.3, 0.4) is 0 Å². The lowest BCUT2D eigenvalue weighted by atomic mass is 10.2. The molecule has 0 atom stereocenters. The van der Waals surface area contributed by atoms with Gasteiger partial charge in [-0.05, 0) is 37.1 Å². The van der Waals surface area contributed by atoms with E-state index in [9.17, 15) is 8.42 Å². The Labute approximate surface area is 127 Å². The molecule has 1 N–H and O–H groups in total. The number of anilines is 1. The summed E-state index contributed by atoms with van der Waals surface area (Å²) in [6.07, 6.45) is 0. The molecule has 0 spiro atoms. The third kappa shape index (κ3) is 3.39. The van der Waals surface area contributed by atoms with Crippen LogP contribution in [-0.2, 0) is 10.0 Å². The maximum Gasteiger partial charge on any atom is 0.263 e. The van der Waals surface area contributed by atoms with Crippen molar-refractivity contribution in [3.8, 4) is 0 Å². The largest absolute Gasteiger partial charge is 0.263 e. The monoisotopic (exact) mass is 331 g/mol. The first-order valence-electron chi connectivity index (χ1n) is 5.58. The van der Waals surface area contributed by atoms with Gasteiger partial charge in [-0.2, -0.15) is 4.98 Å². The van der Waals surface area contributed by atoms with Crippen molar-refractivity contribution in [3.05, 3.63) is 45.8 Å². The molecule has 2 rings (SSSR count). The lowest BCUT2D eigenvalue weighted by Crippen LogP contribution is -2.15. The van der Waals surface area contributed by atoms with Crippen molar-refractivity contribution in [1.29, 1.82) is 0 Å². The number of aromatic nitrogens is 2. The molecule has 20 heavy (non-hydrogen) atoms. The van der Waals surface area contributed by atoms with Gasteiger partial charge in [-0.1, -0.05) is 29.3 Å². The molecule has 0 aliphatic carbocycles. The number of halogens is 2. The van der Waals surface area contributed by atoms with Gasteiger partial charge >= 0.3 is 0 Å². The molecule has 1 heterocycles. The Bertz CT molecular complexity index is 743. The van der Waals surface area contributed by atoms with E-state index >= 15 is 0 Å². The smallest absolute Gasteiger partial charge is 0.263 e. The second-order valence-electron chi connectivity index (χ2n) is 4.22. The molecular formula is C12H11Cl2N3O2S. The summed E-state index contributed by atoms with van der Waals surface area (Å²) in [4.78, 5) is 7.60. The number of hydrogen-bond acceptors (Lipinski definition) is 4. The molecule has 0 bridgehead atoms. The van der Waals surface area contributed by atoms with E-state index < -0.39 is 10.0 Å². The van der Waals surface area contributed by atoms with Crippen LogP contribution in [0, 0.1) is 13.8 Å². The fourth-order valence-electron chi connectivity index (χ4n) is 1.74. The Morgan fingerprint density at radius 2 is 1.80 bits per heavy atom. The molecule has 0 amide bonds. The maximum atomic E-state index is 12.3. The van der Waals surface area contributed by atoms with Crippen molar-refractivity contribution in [3.63, 3.8) is 0 Å². The normalized spacial score (nSPS) is 11.4. The van der Waals surface area contributed by atoms with E-state index in [1.807, 2.05) is 6.92 Å². The van der Waals surface area contributed by atoms with Gasteiger partial charge in [0.25, 0.3) is 10.0 Å². The SMILES string of the molecule is Cc1ccc(S(=O)(=O)Nc2cc(Cl)nc(Cl)n2)c(C)c1. The summed E-state index contributed by atoms with van der Waals surface area (Å²) in [6, 6.07) is 6.34. The molecule has 1 aromatic carbocycles. The van der Waals surface area contributed by atoms with Crippen molar-refractivity contribution >= 4 is 39.0 Å². The molecule has 0 unspecified atom stereocenters. The average molecular weight is 332 g/mol. The van der Waals surface area contributed by atoms with Gasteiger partial charge in [0.1, 0.15) is 11.0 Å². The second-order valence-corrected chi connectivity index (χ2v) is 6.60. The topological polar surface area (TPSA) is 72.0 Å². The van der Waals surface area contributed by atoms with E-state index in [0.29, 0.717) is 5.56 Å². The second kappa shape index (κ2) is 5.55. The Kier molecular flexibility index (Phi) is 4.17. The summed E-state index contributed by atoms with van der Waals surface area (Å²) in [7, 11) is -3.75. The molecular weight excluding hydrogens is 321 g/mol. The first-order valence-corrected chi connectivity index (χ1v) is 7.82. The van der Waals surface area contributed by atoms with Crippen LogP contribution in [-0.4, -0.2) is 18.4 Å². The van der Waals surface area contributed by atoms with E-state index in [1.165, 1.54) is 12.1 Å². The highest BCUT2D eigenvalue weighted by molar-refractivity contribution is 7.92. The summed E-state index contributed by atoms with van der Waals surface area (Å²) >= 11 is 11.3. The third-order valence-corrected chi connectivity index (χ3v) is 4.40. The fourth-order valence-corrected chi connectivity index (χ4v) is 3.36. The molecule has 0 saturated heterocycles. The van der Waals surface area contributed by atoms with Crippen LogP contribution in [0.1, 0.15) is 11.1 Å². The molecule has 1 aromatic heterocycles. The van der Waals surface area contributed by atoms with Gasteiger partial charge < -0.3 is 0 Å². The molecule has 0 saturated carbocycles. The van der Waals surface area contributed by atoms with Gasteiger partial charge in [0, 0.05) is 6.07 Å². The number of nitrogens with one attached hydrogen (secondary N) is 1. The van der Waals surface area contributed by atoms with Crippen LogP contribution in [0.4, 0.5) is 5.82 Å². The highest BCUT2D eigenvalue weighted by atomic mass is 35.5. The van der Waals surface area contributed by atoms with Crippen molar-refractivity contribution < 1.29 is 8.42 Å².